The highest BCUT2D eigenvalue weighted by molar-refractivity contribution is 6.37. The van der Waals surface area contributed by atoms with Crippen molar-refractivity contribution in [3.8, 4) is 5.75 Å². The topological polar surface area (TPSA) is 50.1 Å². The van der Waals surface area contributed by atoms with E-state index >= 15 is 0 Å². The Labute approximate surface area is 121 Å². The molecule has 3 rings (SSSR count). The summed E-state index contributed by atoms with van der Waals surface area (Å²) < 4.78 is 2.19. The van der Waals surface area contributed by atoms with Crippen LogP contribution in [0.4, 0.5) is 5.69 Å². The summed E-state index contributed by atoms with van der Waals surface area (Å²) in [5.74, 6) is -0.0862. The van der Waals surface area contributed by atoms with Gasteiger partial charge >= 0.3 is 0 Å². The molecule has 0 atom stereocenters. The van der Waals surface area contributed by atoms with Gasteiger partial charge in [0.25, 0.3) is 0 Å². The van der Waals surface area contributed by atoms with E-state index in [0.29, 0.717) is 12.6 Å². The van der Waals surface area contributed by atoms with E-state index in [1.165, 1.54) is 12.8 Å². The number of imidazole rings is 1. The molecule has 0 radical (unpaired) electrons. The van der Waals surface area contributed by atoms with Gasteiger partial charge in [0.1, 0.15) is 0 Å². The molecule has 1 fully saturated rings. The first kappa shape index (κ1) is 12.6. The van der Waals surface area contributed by atoms with Crippen molar-refractivity contribution in [1.29, 1.82) is 0 Å². The zero-order valence-corrected chi connectivity index (χ0v) is 11.6. The van der Waals surface area contributed by atoms with Gasteiger partial charge < -0.3 is 15.0 Å². The van der Waals surface area contributed by atoms with E-state index in [2.05, 4.69) is 14.9 Å². The standard InChI is InChI=1S/C13H13Cl2N3O/c14-11-3-8(4-12(15)13(11)19)17-6-10-5-16-7-18(10)9-1-2-9/h3-5,7,9,17,19H,1-2,6H2. The van der Waals surface area contributed by atoms with Gasteiger partial charge in [0.2, 0.25) is 0 Å². The summed E-state index contributed by atoms with van der Waals surface area (Å²) in [6, 6.07) is 3.91. The molecule has 0 saturated heterocycles. The van der Waals surface area contributed by atoms with Crippen molar-refractivity contribution < 1.29 is 5.11 Å². The summed E-state index contributed by atoms with van der Waals surface area (Å²) >= 11 is 11.8. The lowest BCUT2D eigenvalue weighted by Crippen LogP contribution is -2.05. The Morgan fingerprint density at radius 1 is 1.32 bits per heavy atom. The van der Waals surface area contributed by atoms with E-state index in [1.54, 1.807) is 12.1 Å². The molecule has 1 aromatic carbocycles. The van der Waals surface area contributed by atoms with Crippen LogP contribution in [0.15, 0.2) is 24.7 Å². The number of benzene rings is 1. The van der Waals surface area contributed by atoms with Crippen LogP contribution >= 0.6 is 23.2 Å². The lowest BCUT2D eigenvalue weighted by molar-refractivity contribution is 0.476. The van der Waals surface area contributed by atoms with Gasteiger partial charge in [0.05, 0.1) is 28.6 Å². The molecule has 0 unspecified atom stereocenters. The maximum absolute atomic E-state index is 9.50. The Balaban J connectivity index is 1.73. The van der Waals surface area contributed by atoms with Crippen LogP contribution in [0.1, 0.15) is 24.6 Å². The van der Waals surface area contributed by atoms with E-state index in [1.807, 2.05) is 12.5 Å². The first-order chi connectivity index (χ1) is 9.15. The first-order valence-corrected chi connectivity index (χ1v) is 6.83. The fourth-order valence-corrected chi connectivity index (χ4v) is 2.50. The number of hydrogen-bond acceptors (Lipinski definition) is 3. The molecule has 1 aliphatic carbocycles. The maximum Gasteiger partial charge on any atom is 0.152 e. The average Bonchev–Trinajstić information content (AvgIpc) is 3.12. The average molecular weight is 298 g/mol. The number of rotatable bonds is 4. The molecule has 2 N–H and O–H groups in total. The highest BCUT2D eigenvalue weighted by Crippen LogP contribution is 2.36. The van der Waals surface area contributed by atoms with Gasteiger partial charge in [-0.15, -0.1) is 0 Å². The van der Waals surface area contributed by atoms with Crippen LogP contribution in [0.25, 0.3) is 0 Å². The number of halogens is 2. The van der Waals surface area contributed by atoms with Crippen LogP contribution in [0.3, 0.4) is 0 Å². The molecule has 19 heavy (non-hydrogen) atoms. The first-order valence-electron chi connectivity index (χ1n) is 6.07. The molecule has 0 spiro atoms. The van der Waals surface area contributed by atoms with Crippen LogP contribution in [0.5, 0.6) is 5.75 Å². The summed E-state index contributed by atoms with van der Waals surface area (Å²) in [5.41, 5.74) is 1.90. The monoisotopic (exact) mass is 297 g/mol. The van der Waals surface area contributed by atoms with Crippen molar-refractivity contribution in [3.63, 3.8) is 0 Å². The third-order valence-corrected chi connectivity index (χ3v) is 3.75. The van der Waals surface area contributed by atoms with Crippen molar-refractivity contribution >= 4 is 28.9 Å². The van der Waals surface area contributed by atoms with Crippen LogP contribution in [0.2, 0.25) is 10.0 Å². The van der Waals surface area contributed by atoms with Gasteiger partial charge in [-0.1, -0.05) is 23.2 Å². The normalized spacial score (nSPS) is 14.6. The fourth-order valence-electron chi connectivity index (χ4n) is 2.01. The molecule has 1 saturated carbocycles. The molecular weight excluding hydrogens is 285 g/mol. The zero-order valence-electron chi connectivity index (χ0n) is 10.1. The number of anilines is 1. The molecule has 100 valence electrons. The maximum atomic E-state index is 9.50. The smallest absolute Gasteiger partial charge is 0.152 e. The van der Waals surface area contributed by atoms with Crippen molar-refractivity contribution in [2.24, 2.45) is 0 Å². The minimum absolute atomic E-state index is 0.0862. The number of phenols is 1. The third kappa shape index (κ3) is 2.65. The van der Waals surface area contributed by atoms with E-state index in [-0.39, 0.29) is 15.8 Å². The second kappa shape index (κ2) is 4.94. The number of phenolic OH excluding ortho intramolecular Hbond substituents is 1. The van der Waals surface area contributed by atoms with Gasteiger partial charge in [-0.3, -0.25) is 0 Å². The van der Waals surface area contributed by atoms with E-state index in [9.17, 15) is 5.11 Å². The van der Waals surface area contributed by atoms with Gasteiger partial charge in [-0.05, 0) is 25.0 Å². The molecule has 1 aromatic heterocycles. The number of aromatic hydroxyl groups is 1. The van der Waals surface area contributed by atoms with Gasteiger partial charge in [0.15, 0.2) is 5.75 Å². The Hall–Kier alpha value is -1.39. The van der Waals surface area contributed by atoms with E-state index in [0.717, 1.165) is 11.4 Å². The summed E-state index contributed by atoms with van der Waals surface area (Å²) in [5, 5.41) is 13.2. The summed E-state index contributed by atoms with van der Waals surface area (Å²) in [4.78, 5) is 4.18. The molecule has 6 heteroatoms. The van der Waals surface area contributed by atoms with Crippen molar-refractivity contribution in [2.45, 2.75) is 25.4 Å². The third-order valence-electron chi connectivity index (χ3n) is 3.18. The number of hydrogen-bond donors (Lipinski definition) is 2. The molecule has 1 heterocycles. The molecule has 0 aliphatic heterocycles. The lowest BCUT2D eigenvalue weighted by atomic mass is 10.3. The molecule has 4 nitrogen and oxygen atoms in total. The Morgan fingerprint density at radius 3 is 2.63 bits per heavy atom. The molecule has 1 aliphatic rings. The van der Waals surface area contributed by atoms with Crippen molar-refractivity contribution in [2.75, 3.05) is 5.32 Å². The predicted octanol–water partition coefficient (Wildman–Crippen LogP) is 3.84. The quantitative estimate of drug-likeness (QED) is 0.843. The second-order valence-electron chi connectivity index (χ2n) is 4.67. The Bertz CT molecular complexity index is 585. The Kier molecular flexibility index (Phi) is 3.29. The second-order valence-corrected chi connectivity index (χ2v) is 5.48. The van der Waals surface area contributed by atoms with Crippen LogP contribution in [-0.2, 0) is 6.54 Å². The number of aromatic nitrogens is 2. The van der Waals surface area contributed by atoms with Gasteiger partial charge in [-0.25, -0.2) is 4.98 Å². The fraction of sp³-hybridized carbons (Fsp3) is 0.308. The van der Waals surface area contributed by atoms with E-state index < -0.39 is 0 Å². The molecule has 0 amide bonds. The number of nitrogens with one attached hydrogen (secondary N) is 1. The highest BCUT2D eigenvalue weighted by atomic mass is 35.5. The van der Waals surface area contributed by atoms with Gasteiger partial charge in [-0.2, -0.15) is 0 Å². The van der Waals surface area contributed by atoms with Gasteiger partial charge in [0, 0.05) is 17.9 Å². The predicted molar refractivity (Wildman–Crippen MR) is 76.0 cm³/mol. The van der Waals surface area contributed by atoms with Crippen molar-refractivity contribution in [3.05, 3.63) is 40.4 Å². The SMILES string of the molecule is Oc1c(Cl)cc(NCc2cncn2C2CC2)cc1Cl. The lowest BCUT2D eigenvalue weighted by Gasteiger charge is -2.10. The van der Waals surface area contributed by atoms with Crippen LogP contribution in [0, 0.1) is 0 Å². The molecular formula is C13H13Cl2N3O. The number of nitrogens with zero attached hydrogens (tertiary/aromatic N) is 2. The van der Waals surface area contributed by atoms with Crippen LogP contribution < -0.4 is 5.32 Å². The Morgan fingerprint density at radius 2 is 2.00 bits per heavy atom. The zero-order chi connectivity index (χ0) is 13.4. The summed E-state index contributed by atoms with van der Waals surface area (Å²) in [6.45, 7) is 0.647. The molecule has 0 bridgehead atoms. The minimum atomic E-state index is -0.0862. The largest absolute Gasteiger partial charge is 0.505 e. The molecule has 2 aromatic rings. The minimum Gasteiger partial charge on any atom is -0.505 e. The van der Waals surface area contributed by atoms with Crippen LogP contribution in [-0.4, -0.2) is 14.7 Å². The summed E-state index contributed by atoms with van der Waals surface area (Å²) in [7, 11) is 0. The van der Waals surface area contributed by atoms with Crippen molar-refractivity contribution in [1.82, 2.24) is 9.55 Å². The summed E-state index contributed by atoms with van der Waals surface area (Å²) in [6.07, 6.45) is 6.17. The highest BCUT2D eigenvalue weighted by Gasteiger charge is 2.24. The van der Waals surface area contributed by atoms with E-state index in [4.69, 9.17) is 23.2 Å².